The summed E-state index contributed by atoms with van der Waals surface area (Å²) in [6.07, 6.45) is 0.180. The first-order valence-corrected chi connectivity index (χ1v) is 8.33. The Labute approximate surface area is 152 Å². The van der Waals surface area contributed by atoms with Crippen LogP contribution in [0.1, 0.15) is 25.0 Å². The molecule has 2 aromatic carbocycles. The fraction of sp³-hybridized carbons (Fsp3) is 0.263. The van der Waals surface area contributed by atoms with Crippen LogP contribution in [0.4, 0.5) is 5.69 Å². The van der Waals surface area contributed by atoms with Gasteiger partial charge in [-0.3, -0.25) is 4.79 Å². The number of hydrogen-bond donors (Lipinski definition) is 1. The summed E-state index contributed by atoms with van der Waals surface area (Å²) >= 11 is 5.84. The zero-order valence-electron chi connectivity index (χ0n) is 14.1. The van der Waals surface area contributed by atoms with E-state index in [1.54, 1.807) is 36.4 Å². The Morgan fingerprint density at radius 2 is 1.72 bits per heavy atom. The molecule has 1 N–H and O–H groups in total. The van der Waals surface area contributed by atoms with Gasteiger partial charge in [-0.05, 0) is 31.5 Å². The van der Waals surface area contributed by atoms with Crippen molar-refractivity contribution in [2.75, 3.05) is 18.5 Å². The molecule has 0 radical (unpaired) electrons. The second-order valence-corrected chi connectivity index (χ2v) is 5.61. The molecule has 2 rings (SSSR count). The first-order valence-electron chi connectivity index (χ1n) is 7.95. The Morgan fingerprint density at radius 1 is 1.12 bits per heavy atom. The number of hydrogen-bond acceptors (Lipinski definition) is 4. The third kappa shape index (κ3) is 5.13. The van der Waals surface area contributed by atoms with Crippen LogP contribution in [0.3, 0.4) is 0 Å². The number of carbonyl (C=O) groups excluding carboxylic acids is 1. The minimum Gasteiger partial charge on any atom is -0.490 e. The number of anilines is 1. The van der Waals surface area contributed by atoms with Crippen LogP contribution in [0.2, 0.25) is 5.02 Å². The lowest BCUT2D eigenvalue weighted by molar-refractivity contribution is -0.115. The van der Waals surface area contributed by atoms with Crippen molar-refractivity contribution in [3.63, 3.8) is 0 Å². The number of nitrogens with zero attached hydrogens (tertiary/aromatic N) is 1. The topological polar surface area (TPSA) is 71.3 Å². The van der Waals surface area contributed by atoms with E-state index in [4.69, 9.17) is 21.1 Å². The summed E-state index contributed by atoms with van der Waals surface area (Å²) in [5, 5.41) is 12.7. The summed E-state index contributed by atoms with van der Waals surface area (Å²) in [6, 6.07) is 12.3. The van der Waals surface area contributed by atoms with Gasteiger partial charge in [0.2, 0.25) is 5.91 Å². The van der Waals surface area contributed by atoms with Crippen molar-refractivity contribution in [1.82, 2.24) is 0 Å². The molecular weight excluding hydrogens is 340 g/mol. The molecule has 0 aliphatic carbocycles. The van der Waals surface area contributed by atoms with E-state index < -0.39 is 0 Å². The van der Waals surface area contributed by atoms with Gasteiger partial charge in [-0.25, -0.2) is 0 Å². The minimum atomic E-state index is -0.231. The second-order valence-electron chi connectivity index (χ2n) is 5.17. The van der Waals surface area contributed by atoms with E-state index in [-0.39, 0.29) is 12.3 Å². The van der Waals surface area contributed by atoms with Crippen LogP contribution in [-0.2, 0) is 11.2 Å². The zero-order chi connectivity index (χ0) is 18.2. The molecule has 0 unspecified atom stereocenters. The predicted molar refractivity (Wildman–Crippen MR) is 97.3 cm³/mol. The average Bonchev–Trinajstić information content (AvgIpc) is 2.59. The smallest absolute Gasteiger partial charge is 0.228 e. The number of rotatable bonds is 7. The van der Waals surface area contributed by atoms with Crippen LogP contribution in [0, 0.1) is 11.3 Å². The highest BCUT2D eigenvalue weighted by molar-refractivity contribution is 6.30. The first-order chi connectivity index (χ1) is 12.1. The van der Waals surface area contributed by atoms with Gasteiger partial charge in [0.25, 0.3) is 0 Å². The molecule has 0 atom stereocenters. The van der Waals surface area contributed by atoms with Gasteiger partial charge in [0.05, 0.1) is 30.9 Å². The largest absolute Gasteiger partial charge is 0.490 e. The maximum Gasteiger partial charge on any atom is 0.228 e. The van der Waals surface area contributed by atoms with Crippen molar-refractivity contribution in [3.05, 3.63) is 52.5 Å². The Hall–Kier alpha value is -2.71. The molecule has 130 valence electrons. The maximum atomic E-state index is 12.3. The van der Waals surface area contributed by atoms with Crippen molar-refractivity contribution in [1.29, 1.82) is 5.26 Å². The molecule has 2 aromatic rings. The number of nitriles is 1. The van der Waals surface area contributed by atoms with Crippen LogP contribution >= 0.6 is 11.6 Å². The number of benzene rings is 2. The fourth-order valence-corrected chi connectivity index (χ4v) is 2.40. The van der Waals surface area contributed by atoms with E-state index in [1.807, 2.05) is 13.8 Å². The molecule has 0 heterocycles. The van der Waals surface area contributed by atoms with Gasteiger partial charge in [0.15, 0.2) is 11.5 Å². The van der Waals surface area contributed by atoms with Gasteiger partial charge in [-0.15, -0.1) is 0 Å². The van der Waals surface area contributed by atoms with E-state index in [9.17, 15) is 10.1 Å². The van der Waals surface area contributed by atoms with Gasteiger partial charge < -0.3 is 14.8 Å². The van der Waals surface area contributed by atoms with Crippen LogP contribution < -0.4 is 14.8 Å². The van der Waals surface area contributed by atoms with Crippen LogP contribution in [0.15, 0.2) is 36.4 Å². The molecule has 0 bridgehead atoms. The first kappa shape index (κ1) is 18.6. The molecule has 0 fully saturated rings. The SMILES string of the molecule is CCOc1cc(C#N)c(NC(=O)Cc2ccc(Cl)cc2)cc1OCC. The van der Waals surface area contributed by atoms with Gasteiger partial charge in [-0.1, -0.05) is 23.7 Å². The Balaban J connectivity index is 2.21. The van der Waals surface area contributed by atoms with Crippen LogP contribution in [-0.4, -0.2) is 19.1 Å². The normalized spacial score (nSPS) is 10.0. The quantitative estimate of drug-likeness (QED) is 0.805. The second kappa shape index (κ2) is 8.95. The number of carbonyl (C=O) groups is 1. The van der Waals surface area contributed by atoms with E-state index in [1.165, 1.54) is 0 Å². The standard InChI is InChI=1S/C19H19ClN2O3/c1-3-24-17-10-14(12-21)16(11-18(17)25-4-2)22-19(23)9-13-5-7-15(20)8-6-13/h5-8,10-11H,3-4,9H2,1-2H3,(H,22,23). The van der Waals surface area contributed by atoms with Gasteiger partial charge in [-0.2, -0.15) is 5.26 Å². The number of halogens is 1. The number of ether oxygens (including phenoxy) is 2. The highest BCUT2D eigenvalue weighted by atomic mass is 35.5. The monoisotopic (exact) mass is 358 g/mol. The Morgan fingerprint density at radius 3 is 2.28 bits per heavy atom. The lowest BCUT2D eigenvalue weighted by Crippen LogP contribution is -2.15. The lowest BCUT2D eigenvalue weighted by atomic mass is 10.1. The fourth-order valence-electron chi connectivity index (χ4n) is 2.27. The molecule has 0 spiro atoms. The molecule has 0 saturated heterocycles. The molecular formula is C19H19ClN2O3. The van der Waals surface area contributed by atoms with Gasteiger partial charge >= 0.3 is 0 Å². The molecule has 0 saturated carbocycles. The van der Waals surface area contributed by atoms with Crippen LogP contribution in [0.25, 0.3) is 0 Å². The summed E-state index contributed by atoms with van der Waals surface area (Å²) in [7, 11) is 0. The van der Waals surface area contributed by atoms with Crippen molar-refractivity contribution in [3.8, 4) is 17.6 Å². The average molecular weight is 359 g/mol. The summed E-state index contributed by atoms with van der Waals surface area (Å²) in [6.45, 7) is 4.60. The van der Waals surface area contributed by atoms with Gasteiger partial charge in [0.1, 0.15) is 6.07 Å². The maximum absolute atomic E-state index is 12.3. The van der Waals surface area contributed by atoms with Crippen molar-refractivity contribution >= 4 is 23.2 Å². The van der Waals surface area contributed by atoms with Crippen molar-refractivity contribution in [2.45, 2.75) is 20.3 Å². The highest BCUT2D eigenvalue weighted by Crippen LogP contribution is 2.33. The third-order valence-corrected chi connectivity index (χ3v) is 3.61. The summed E-state index contributed by atoms with van der Waals surface area (Å²) < 4.78 is 11.0. The van der Waals surface area contributed by atoms with E-state index in [0.29, 0.717) is 41.0 Å². The summed E-state index contributed by atoms with van der Waals surface area (Å²) in [5.74, 6) is 0.743. The molecule has 25 heavy (non-hydrogen) atoms. The van der Waals surface area contributed by atoms with Crippen LogP contribution in [0.5, 0.6) is 11.5 Å². The van der Waals surface area contributed by atoms with E-state index in [2.05, 4.69) is 11.4 Å². The highest BCUT2D eigenvalue weighted by Gasteiger charge is 2.14. The molecule has 0 aliphatic heterocycles. The van der Waals surface area contributed by atoms with Gasteiger partial charge in [0, 0.05) is 17.2 Å². The molecule has 0 aromatic heterocycles. The molecule has 6 heteroatoms. The van der Waals surface area contributed by atoms with E-state index in [0.717, 1.165) is 5.56 Å². The molecule has 0 aliphatic rings. The Kier molecular flexibility index (Phi) is 6.67. The molecule has 1 amide bonds. The Bertz CT molecular complexity index is 782. The third-order valence-electron chi connectivity index (χ3n) is 3.36. The minimum absolute atomic E-state index is 0.180. The number of amides is 1. The summed E-state index contributed by atoms with van der Waals surface area (Å²) in [4.78, 5) is 12.3. The predicted octanol–water partition coefficient (Wildman–Crippen LogP) is 4.19. The lowest BCUT2D eigenvalue weighted by Gasteiger charge is -2.14. The zero-order valence-corrected chi connectivity index (χ0v) is 14.9. The molecule has 5 nitrogen and oxygen atoms in total. The van der Waals surface area contributed by atoms with Crippen molar-refractivity contribution < 1.29 is 14.3 Å². The van der Waals surface area contributed by atoms with Crippen molar-refractivity contribution in [2.24, 2.45) is 0 Å². The number of nitrogens with one attached hydrogen (secondary N) is 1. The summed E-state index contributed by atoms with van der Waals surface area (Å²) in [5.41, 5.74) is 1.54. The van der Waals surface area contributed by atoms with E-state index >= 15 is 0 Å².